The van der Waals surface area contributed by atoms with Crippen molar-refractivity contribution in [2.75, 3.05) is 0 Å². The molecule has 0 radical (unpaired) electrons. The van der Waals surface area contributed by atoms with E-state index in [-0.39, 0.29) is 36.0 Å². The Morgan fingerprint density at radius 1 is 1.28 bits per heavy atom. The van der Waals surface area contributed by atoms with Gasteiger partial charge in [-0.05, 0) is 67.0 Å². The molecule has 3 N–H and O–H groups in total. The van der Waals surface area contributed by atoms with Crippen LogP contribution in [0.2, 0.25) is 0 Å². The second-order valence-corrected chi connectivity index (χ2v) is 8.96. The van der Waals surface area contributed by atoms with Gasteiger partial charge in [0.15, 0.2) is 11.4 Å². The van der Waals surface area contributed by atoms with E-state index in [1.807, 2.05) is 24.5 Å². The first kappa shape index (κ1) is 20.6. The lowest BCUT2D eigenvalue weighted by atomic mass is 9.89. The summed E-state index contributed by atoms with van der Waals surface area (Å²) in [6.07, 6.45) is 2.07. The molecule has 1 aliphatic carbocycles. The molecule has 0 bridgehead atoms. The molecule has 32 heavy (non-hydrogen) atoms. The molecule has 2 aromatic carbocycles. The van der Waals surface area contributed by atoms with E-state index < -0.39 is 17.4 Å². The van der Waals surface area contributed by atoms with Crippen molar-refractivity contribution >= 4 is 27.8 Å². The molecule has 8 heteroatoms. The maximum absolute atomic E-state index is 15.9. The lowest BCUT2D eigenvalue weighted by molar-refractivity contribution is -0.157. The summed E-state index contributed by atoms with van der Waals surface area (Å²) in [7, 11) is 0. The van der Waals surface area contributed by atoms with E-state index in [4.69, 9.17) is 0 Å². The first-order valence-electron chi connectivity index (χ1n) is 10.6. The number of nitrogens with one attached hydrogen (secondary N) is 1. The fraction of sp³-hybridized carbons (Fsp3) is 0.333. The zero-order valence-electron chi connectivity index (χ0n) is 17.7. The van der Waals surface area contributed by atoms with Gasteiger partial charge in [-0.15, -0.1) is 0 Å². The van der Waals surface area contributed by atoms with Crippen LogP contribution in [-0.4, -0.2) is 36.5 Å². The van der Waals surface area contributed by atoms with Crippen molar-refractivity contribution in [1.29, 1.82) is 0 Å². The number of hydrogen-bond acceptors (Lipinski definition) is 3. The minimum Gasteiger partial charge on any atom is -0.479 e. The van der Waals surface area contributed by atoms with Gasteiger partial charge in [0.2, 0.25) is 0 Å². The molecular weight excluding hydrogens is 416 g/mol. The van der Waals surface area contributed by atoms with Gasteiger partial charge in [-0.3, -0.25) is 5.10 Å². The fourth-order valence-corrected chi connectivity index (χ4v) is 5.16. The van der Waals surface area contributed by atoms with Gasteiger partial charge in [0.1, 0.15) is 11.3 Å². The van der Waals surface area contributed by atoms with Gasteiger partial charge < -0.3 is 14.8 Å². The van der Waals surface area contributed by atoms with E-state index in [1.54, 1.807) is 18.3 Å². The van der Waals surface area contributed by atoms with Crippen molar-refractivity contribution in [2.45, 2.75) is 50.5 Å². The van der Waals surface area contributed by atoms with Crippen molar-refractivity contribution in [2.24, 2.45) is 0 Å². The van der Waals surface area contributed by atoms with Gasteiger partial charge in [-0.25, -0.2) is 13.6 Å². The first-order valence-corrected chi connectivity index (χ1v) is 10.6. The van der Waals surface area contributed by atoms with Crippen LogP contribution >= 0.6 is 0 Å². The van der Waals surface area contributed by atoms with Gasteiger partial charge in [0.25, 0.3) is 0 Å². The number of hydrogen-bond donors (Lipinski definition) is 3. The second-order valence-electron chi connectivity index (χ2n) is 8.96. The molecule has 1 saturated carbocycles. The normalized spacial score (nSPS) is 21.2. The summed E-state index contributed by atoms with van der Waals surface area (Å²) in [5.74, 6) is -2.48. The molecule has 0 spiro atoms. The highest BCUT2D eigenvalue weighted by molar-refractivity contribution is 6.00. The molecule has 1 aliphatic rings. The van der Waals surface area contributed by atoms with Crippen LogP contribution in [-0.2, 0) is 4.79 Å². The standard InChI is InChI=1S/C24H23F2N3O3/c1-12(2)22-18(13-7-8-24(32,10-13)23(30)31)19-17(9-14-11-27-28-21(14)20(19)26)29(22)16-5-3-15(25)4-6-16/h3-6,9,11-13,32H,7-8,10H2,1-2H3,(H,27,28)(H,30,31)/t13-,24+/m1/s1. The summed E-state index contributed by atoms with van der Waals surface area (Å²) in [6.45, 7) is 3.97. The van der Waals surface area contributed by atoms with Gasteiger partial charge in [-0.1, -0.05) is 13.8 Å². The number of carbonyl (C=O) groups is 1. The summed E-state index contributed by atoms with van der Waals surface area (Å²) in [5, 5.41) is 27.8. The van der Waals surface area contributed by atoms with Crippen LogP contribution in [0.25, 0.3) is 27.5 Å². The van der Waals surface area contributed by atoms with Crippen molar-refractivity contribution in [3.63, 3.8) is 0 Å². The number of H-pyrrole nitrogens is 1. The van der Waals surface area contributed by atoms with Crippen molar-refractivity contribution < 1.29 is 23.8 Å². The number of rotatable bonds is 4. The average Bonchev–Trinajstić information content (AvgIpc) is 3.45. The maximum Gasteiger partial charge on any atom is 0.335 e. The topological polar surface area (TPSA) is 91.1 Å². The van der Waals surface area contributed by atoms with Crippen LogP contribution in [0.3, 0.4) is 0 Å². The number of aromatic nitrogens is 3. The van der Waals surface area contributed by atoms with E-state index in [1.165, 1.54) is 12.1 Å². The quantitative estimate of drug-likeness (QED) is 0.418. The molecule has 4 aromatic rings. The van der Waals surface area contributed by atoms with Gasteiger partial charge >= 0.3 is 5.97 Å². The fourth-order valence-electron chi connectivity index (χ4n) is 5.16. The molecule has 0 saturated heterocycles. The van der Waals surface area contributed by atoms with Gasteiger partial charge in [0, 0.05) is 22.2 Å². The Bertz CT molecular complexity index is 1360. The largest absolute Gasteiger partial charge is 0.479 e. The number of carboxylic acid groups (broad SMARTS) is 1. The molecule has 1 fully saturated rings. The molecule has 166 valence electrons. The zero-order chi connectivity index (χ0) is 22.8. The van der Waals surface area contributed by atoms with Crippen LogP contribution in [0.15, 0.2) is 36.5 Å². The van der Waals surface area contributed by atoms with Gasteiger partial charge in [-0.2, -0.15) is 5.10 Å². The number of nitrogens with zero attached hydrogens (tertiary/aromatic N) is 2. The lowest BCUT2D eigenvalue weighted by Gasteiger charge is -2.20. The highest BCUT2D eigenvalue weighted by Crippen LogP contribution is 2.49. The molecule has 6 nitrogen and oxygen atoms in total. The number of fused-ring (bicyclic) bond motifs is 2. The SMILES string of the molecule is CC(C)c1c([C@@H]2CC[C@@](O)(C(=O)O)C2)c2c(F)c3[nH]ncc3cc2n1-c1ccc(F)cc1. The first-order chi connectivity index (χ1) is 15.2. The van der Waals surface area contributed by atoms with Crippen LogP contribution in [0.5, 0.6) is 0 Å². The Morgan fingerprint density at radius 2 is 2.00 bits per heavy atom. The minimum atomic E-state index is -1.84. The third-order valence-corrected chi connectivity index (χ3v) is 6.61. The van der Waals surface area contributed by atoms with E-state index in [0.29, 0.717) is 34.0 Å². The van der Waals surface area contributed by atoms with Crippen molar-refractivity contribution in [3.8, 4) is 5.69 Å². The molecule has 0 unspecified atom stereocenters. The van der Waals surface area contributed by atoms with Crippen LogP contribution in [0, 0.1) is 11.6 Å². The number of aliphatic hydroxyl groups is 1. The third-order valence-electron chi connectivity index (χ3n) is 6.61. The van der Waals surface area contributed by atoms with E-state index in [0.717, 1.165) is 5.69 Å². The monoisotopic (exact) mass is 439 g/mol. The van der Waals surface area contributed by atoms with E-state index >= 15 is 4.39 Å². The summed E-state index contributed by atoms with van der Waals surface area (Å²) < 4.78 is 31.4. The molecule has 5 rings (SSSR count). The predicted octanol–water partition coefficient (Wildman–Crippen LogP) is 4.99. The molecule has 0 amide bonds. The van der Waals surface area contributed by atoms with Crippen LogP contribution in [0.4, 0.5) is 8.78 Å². The Labute approximate surface area is 182 Å². The summed E-state index contributed by atoms with van der Waals surface area (Å²) >= 11 is 0. The summed E-state index contributed by atoms with van der Waals surface area (Å²) in [5.41, 5.74) is 1.25. The lowest BCUT2D eigenvalue weighted by Crippen LogP contribution is -2.35. The number of aromatic amines is 1. The highest BCUT2D eigenvalue weighted by Gasteiger charge is 2.46. The van der Waals surface area contributed by atoms with E-state index in [9.17, 15) is 19.4 Å². The molecule has 2 aromatic heterocycles. The van der Waals surface area contributed by atoms with Crippen LogP contribution in [0.1, 0.15) is 56.2 Å². The Hall–Kier alpha value is -3.26. The van der Waals surface area contributed by atoms with Gasteiger partial charge in [0.05, 0.1) is 11.7 Å². The number of benzene rings is 2. The van der Waals surface area contributed by atoms with Crippen LogP contribution < -0.4 is 0 Å². The van der Waals surface area contributed by atoms with Crippen molar-refractivity contribution in [3.05, 3.63) is 59.4 Å². The Morgan fingerprint density at radius 3 is 2.62 bits per heavy atom. The molecule has 0 aliphatic heterocycles. The number of carboxylic acids is 1. The smallest absolute Gasteiger partial charge is 0.335 e. The number of aliphatic carboxylic acids is 1. The molecule has 2 heterocycles. The second kappa shape index (κ2) is 7.13. The highest BCUT2D eigenvalue weighted by atomic mass is 19.1. The zero-order valence-corrected chi connectivity index (χ0v) is 17.7. The molecular formula is C24H23F2N3O3. The van der Waals surface area contributed by atoms with Crippen molar-refractivity contribution in [1.82, 2.24) is 14.8 Å². The number of halogens is 2. The van der Waals surface area contributed by atoms with E-state index in [2.05, 4.69) is 10.2 Å². The molecule has 2 atom stereocenters. The Kier molecular flexibility index (Phi) is 4.60. The minimum absolute atomic E-state index is 0.00500. The Balaban J connectivity index is 1.87. The summed E-state index contributed by atoms with van der Waals surface area (Å²) in [4.78, 5) is 11.7. The summed E-state index contributed by atoms with van der Waals surface area (Å²) in [6, 6.07) is 7.84. The average molecular weight is 439 g/mol. The maximum atomic E-state index is 15.9. The third kappa shape index (κ3) is 2.93. The predicted molar refractivity (Wildman–Crippen MR) is 116 cm³/mol.